The Morgan fingerprint density at radius 2 is 0.862 bits per heavy atom. The first-order chi connectivity index (χ1) is 14.2. The predicted molar refractivity (Wildman–Crippen MR) is 121 cm³/mol. The van der Waals surface area contributed by atoms with Gasteiger partial charge in [0.1, 0.15) is 0 Å². The van der Waals surface area contributed by atoms with Crippen molar-refractivity contribution in [3.8, 4) is 0 Å². The summed E-state index contributed by atoms with van der Waals surface area (Å²) in [5, 5.41) is 13.6. The summed E-state index contributed by atoms with van der Waals surface area (Å²) in [6, 6.07) is 39.0. The van der Waals surface area contributed by atoms with Gasteiger partial charge in [0.25, 0.3) is 0 Å². The number of rotatable bonds is 6. The second-order valence-corrected chi connectivity index (χ2v) is 11.9. The Labute approximate surface area is 170 Å². The molecule has 1 N–H and O–H groups in total. The molecule has 0 saturated carbocycles. The molecule has 0 unspecified atom stereocenters. The van der Waals surface area contributed by atoms with Gasteiger partial charge in [-0.2, -0.15) is 0 Å². The van der Waals surface area contributed by atoms with Crippen LogP contribution in [0.3, 0.4) is 0 Å². The van der Waals surface area contributed by atoms with E-state index in [0.717, 1.165) is 21.5 Å². The van der Waals surface area contributed by atoms with Gasteiger partial charge in [-0.05, 0) is 0 Å². The molecule has 0 aliphatic carbocycles. The van der Waals surface area contributed by atoms with E-state index in [2.05, 4.69) is 0 Å². The first kappa shape index (κ1) is 19.0. The van der Waals surface area contributed by atoms with Gasteiger partial charge in [-0.15, -0.1) is 0 Å². The molecule has 144 valence electrons. The second kappa shape index (κ2) is 7.62. The Kier molecular flexibility index (Phi) is 5.00. The van der Waals surface area contributed by atoms with Crippen LogP contribution in [0.2, 0.25) is 0 Å². The summed E-state index contributed by atoms with van der Waals surface area (Å²) in [5.74, 6) is 0. The van der Waals surface area contributed by atoms with Crippen molar-refractivity contribution in [2.24, 2.45) is 0 Å². The molecule has 0 heterocycles. The predicted octanol–water partition coefficient (Wildman–Crippen LogP) is 4.80. The molecule has 3 nitrogen and oxygen atoms in total. The Hall–Kier alpha value is -3.29. The van der Waals surface area contributed by atoms with Gasteiger partial charge >= 0.3 is 171 Å². The molecule has 0 aliphatic heterocycles. The van der Waals surface area contributed by atoms with Crippen LogP contribution in [0, 0.1) is 4.91 Å². The third kappa shape index (κ3) is 2.86. The van der Waals surface area contributed by atoms with Crippen molar-refractivity contribution in [2.75, 3.05) is 0 Å². The zero-order valence-corrected chi connectivity index (χ0v) is 16.9. The molecule has 0 atom stereocenters. The summed E-state index contributed by atoms with van der Waals surface area (Å²) in [4.78, 5) is 13.5. The summed E-state index contributed by atoms with van der Waals surface area (Å²) in [6.45, 7) is -3.98. The van der Waals surface area contributed by atoms with E-state index in [4.69, 9.17) is 0 Å². The van der Waals surface area contributed by atoms with E-state index >= 15 is 0 Å². The number of hydrogen-bond acceptors (Lipinski definition) is 1. The Morgan fingerprint density at radius 3 is 1.17 bits per heavy atom. The zero-order chi connectivity index (χ0) is 20.2. The van der Waals surface area contributed by atoms with Crippen LogP contribution in [0.4, 0.5) is 0 Å². The van der Waals surface area contributed by atoms with Gasteiger partial charge in [-0.1, -0.05) is 0 Å². The fourth-order valence-corrected chi connectivity index (χ4v) is 9.79. The molecule has 4 aromatic rings. The molecule has 4 heteroatoms. The van der Waals surface area contributed by atoms with Crippen LogP contribution >= 0.6 is 6.75 Å². The van der Waals surface area contributed by atoms with Crippen LogP contribution in [0.1, 0.15) is 5.56 Å². The van der Waals surface area contributed by atoms with Gasteiger partial charge in [0.05, 0.1) is 0 Å². The van der Waals surface area contributed by atoms with Crippen molar-refractivity contribution in [1.82, 2.24) is 0 Å². The van der Waals surface area contributed by atoms with E-state index in [1.54, 1.807) is 0 Å². The third-order valence-corrected chi connectivity index (χ3v) is 11.6. The first-order valence-electron chi connectivity index (χ1n) is 9.57. The molecule has 0 saturated heterocycles. The van der Waals surface area contributed by atoms with Crippen molar-refractivity contribution >= 4 is 22.7 Å². The SMILES string of the molecule is O=[N+](O)P(Cc1ccccc1)(c1ccccc1)(c1ccccc1)c1ccccc1. The first-order valence-corrected chi connectivity index (χ1v) is 11.9. The summed E-state index contributed by atoms with van der Waals surface area (Å²) in [5.41, 5.74) is 0.997. The Bertz CT molecular complexity index is 1000. The van der Waals surface area contributed by atoms with Gasteiger partial charge in [0, 0.05) is 0 Å². The summed E-state index contributed by atoms with van der Waals surface area (Å²) < 4.78 is 0.276. The van der Waals surface area contributed by atoms with E-state index < -0.39 is 6.75 Å². The van der Waals surface area contributed by atoms with Crippen molar-refractivity contribution in [2.45, 2.75) is 6.16 Å². The maximum absolute atomic E-state index is 13.5. The van der Waals surface area contributed by atoms with E-state index in [1.807, 2.05) is 121 Å². The minimum atomic E-state index is -3.98. The summed E-state index contributed by atoms with van der Waals surface area (Å²) in [7, 11) is 0. The average Bonchev–Trinajstić information content (AvgIpc) is 2.80. The monoisotopic (exact) mass is 400 g/mol. The summed E-state index contributed by atoms with van der Waals surface area (Å²) >= 11 is 0. The van der Waals surface area contributed by atoms with Crippen LogP contribution in [0.15, 0.2) is 121 Å². The van der Waals surface area contributed by atoms with Crippen molar-refractivity contribution < 1.29 is 9.90 Å². The van der Waals surface area contributed by atoms with Crippen LogP contribution in [-0.2, 0) is 6.16 Å². The van der Waals surface area contributed by atoms with Crippen molar-refractivity contribution in [1.29, 1.82) is 0 Å². The summed E-state index contributed by atoms with van der Waals surface area (Å²) in [6.07, 6.45) is 0.393. The molecule has 29 heavy (non-hydrogen) atoms. The zero-order valence-electron chi connectivity index (χ0n) is 16.0. The molecule has 0 amide bonds. The fourth-order valence-electron chi connectivity index (χ4n) is 4.26. The van der Waals surface area contributed by atoms with Crippen molar-refractivity contribution in [3.05, 3.63) is 132 Å². The van der Waals surface area contributed by atoms with Crippen LogP contribution < -0.4 is 15.9 Å². The van der Waals surface area contributed by atoms with Gasteiger partial charge in [-0.25, -0.2) is 0 Å². The molecule has 0 aromatic heterocycles. The molecular weight excluding hydrogens is 377 g/mol. The van der Waals surface area contributed by atoms with E-state index in [1.165, 1.54) is 0 Å². The van der Waals surface area contributed by atoms with Crippen LogP contribution in [0.25, 0.3) is 0 Å². The Morgan fingerprint density at radius 1 is 0.552 bits per heavy atom. The molecule has 0 aliphatic rings. The second-order valence-electron chi connectivity index (χ2n) is 7.15. The molecule has 0 spiro atoms. The quantitative estimate of drug-likeness (QED) is 0.373. The molecule has 0 radical (unpaired) electrons. The van der Waals surface area contributed by atoms with Crippen molar-refractivity contribution in [3.63, 3.8) is 0 Å². The van der Waals surface area contributed by atoms with E-state index in [9.17, 15) is 10.1 Å². The number of nitrogens with zero attached hydrogens (tertiary/aromatic N) is 1. The average molecular weight is 400 g/mol. The van der Waals surface area contributed by atoms with Gasteiger partial charge in [-0.3, -0.25) is 0 Å². The number of benzene rings is 4. The van der Waals surface area contributed by atoms with E-state index in [0.29, 0.717) is 6.16 Å². The third-order valence-electron chi connectivity index (χ3n) is 5.65. The molecule has 4 rings (SSSR count). The molecule has 4 aromatic carbocycles. The topological polar surface area (TPSA) is 40.3 Å². The molecule has 0 bridgehead atoms. The maximum atomic E-state index is 13.5. The van der Waals surface area contributed by atoms with Crippen LogP contribution in [0.5, 0.6) is 0 Å². The van der Waals surface area contributed by atoms with Gasteiger partial charge in [0.2, 0.25) is 0 Å². The van der Waals surface area contributed by atoms with Gasteiger partial charge in [0.15, 0.2) is 0 Å². The van der Waals surface area contributed by atoms with Crippen LogP contribution in [-0.4, -0.2) is 9.90 Å². The molecular formula is C25H23NO2P+. The minimum absolute atomic E-state index is 0.276. The van der Waals surface area contributed by atoms with E-state index in [-0.39, 0.29) is 4.69 Å². The Balaban J connectivity index is 2.21. The van der Waals surface area contributed by atoms with Gasteiger partial charge < -0.3 is 0 Å². The fraction of sp³-hybridized carbons (Fsp3) is 0.0400. The normalized spacial score (nSPS) is 12.6. The standard InChI is InChI=1S/C25H23NO2P/c27-26(28)29(23-15-7-2-8-16-23,24-17-9-3-10-18-24,25-19-11-4-12-20-25)21-22-13-5-1-6-14-22/h1-20H,21H2,(H,27,28)/q+1. The number of hydrogen-bond donors (Lipinski definition) is 1. The molecule has 0 fully saturated rings.